The standard InChI is InChI=1S/C21H23FN10O9P2S2/c22-8-7(1-33)39-19(32-6-28-10-16(32)29-20(24)30-17(10)34)12(8)43(36,45)38-3-21-2-37-11(13(21)41-42(35)44)18(40-21)31-5-27-9-14(23)25-4-26-15(9)31/h4-8,11-13,18-19,33H,1-3H2,(H6-,23,24,25,26,29,30,34,35,36,44,45)/p+1/t7-,8-,11-,12-,13+,18-,19-,21-,43?/m1/s1. The molecular formula is C21H24FN10O9P2S2+. The van der Waals surface area contributed by atoms with Crippen LogP contribution in [-0.2, 0) is 39.6 Å². The van der Waals surface area contributed by atoms with Crippen molar-refractivity contribution in [1.29, 1.82) is 0 Å². The molecule has 0 saturated carbocycles. The molecule has 7 heterocycles. The van der Waals surface area contributed by atoms with Gasteiger partial charge in [0.15, 0.2) is 53.3 Å². The number of fused-ring (bicyclic) bond motifs is 4. The fourth-order valence-electron chi connectivity index (χ4n) is 5.87. The molecular weight excluding hydrogens is 681 g/mol. The highest BCUT2D eigenvalue weighted by molar-refractivity contribution is 8.39. The number of ether oxygens (including phenoxy) is 3. The molecule has 4 aromatic rings. The van der Waals surface area contributed by atoms with E-state index >= 15 is 4.39 Å². The van der Waals surface area contributed by atoms with Crippen LogP contribution in [0.4, 0.5) is 16.2 Å². The van der Waals surface area contributed by atoms with E-state index in [1.807, 2.05) is 0 Å². The summed E-state index contributed by atoms with van der Waals surface area (Å²) in [5, 5.41) is 9.82. The Morgan fingerprint density at radius 1 is 1.22 bits per heavy atom. The van der Waals surface area contributed by atoms with Crippen molar-refractivity contribution < 1.29 is 42.2 Å². The number of nitrogen functional groups attached to an aromatic ring is 2. The molecule has 19 nitrogen and oxygen atoms in total. The lowest BCUT2D eigenvalue weighted by Crippen LogP contribution is -2.45. The van der Waals surface area contributed by atoms with Gasteiger partial charge in [0, 0.05) is 0 Å². The van der Waals surface area contributed by atoms with Crippen LogP contribution in [0.5, 0.6) is 0 Å². The number of alkyl halides is 1. The lowest BCUT2D eigenvalue weighted by molar-refractivity contribution is -0.182. The zero-order valence-electron chi connectivity index (χ0n) is 22.6. The van der Waals surface area contributed by atoms with E-state index in [0.717, 1.165) is 6.33 Å². The number of H-pyrrole nitrogens is 1. The third-order valence-electron chi connectivity index (χ3n) is 7.90. The van der Waals surface area contributed by atoms with Gasteiger partial charge in [-0.05, 0) is 16.4 Å². The molecule has 3 aliphatic rings. The SMILES string of the molecule is Nc1nc2c(ncn2[C@@H]2O[C@H](CO)[C@@H](F)[C@H]2P(O)(=S)OC[C@@]23CO[C@@H]([C@H](n4cnc5c(N)ncnc54)O2)[C@@H]3O[P+](=O)S)c(=O)[nH]1. The number of thiol groups is 1. The van der Waals surface area contributed by atoms with Crippen LogP contribution in [0.15, 0.2) is 23.8 Å². The number of anilines is 2. The topological polar surface area (TPSA) is 263 Å². The van der Waals surface area contributed by atoms with Crippen molar-refractivity contribution in [3.63, 3.8) is 0 Å². The van der Waals surface area contributed by atoms with Gasteiger partial charge in [-0.25, -0.2) is 24.3 Å². The maximum absolute atomic E-state index is 15.8. The monoisotopic (exact) mass is 705 g/mol. The van der Waals surface area contributed by atoms with E-state index in [1.54, 1.807) is 0 Å². The molecule has 3 fully saturated rings. The first-order valence-corrected chi connectivity index (χ1v) is 18.2. The molecule has 2 unspecified atom stereocenters. The van der Waals surface area contributed by atoms with Crippen molar-refractivity contribution in [2.75, 3.05) is 31.3 Å². The summed E-state index contributed by atoms with van der Waals surface area (Å²) in [5.41, 5.74) is 8.33. The number of nitrogens with two attached hydrogens (primary N) is 2. The summed E-state index contributed by atoms with van der Waals surface area (Å²) in [6, 6.07) is 0. The largest absolute Gasteiger partial charge is 0.582 e. The summed E-state index contributed by atoms with van der Waals surface area (Å²) in [6.45, 7) is -5.64. The number of hydrogen-bond acceptors (Lipinski definition) is 16. The Hall–Kier alpha value is -2.75. The average Bonchev–Trinajstić information content (AvgIpc) is 3.79. The number of aromatic amines is 1. The minimum absolute atomic E-state index is 0.0670. The van der Waals surface area contributed by atoms with Crippen molar-refractivity contribution in [2.45, 2.75) is 48.2 Å². The normalized spacial score (nSPS) is 32.9. The highest BCUT2D eigenvalue weighted by atomic mass is 32.7. The van der Waals surface area contributed by atoms with E-state index in [4.69, 9.17) is 46.5 Å². The molecule has 240 valence electrons. The Labute approximate surface area is 261 Å². The van der Waals surface area contributed by atoms with E-state index in [-0.39, 0.29) is 29.5 Å². The number of aliphatic hydroxyl groups is 1. The minimum Gasteiger partial charge on any atom is -0.394 e. The molecule has 0 spiro atoms. The van der Waals surface area contributed by atoms with Crippen molar-refractivity contribution in [2.24, 2.45) is 0 Å². The van der Waals surface area contributed by atoms with Crippen LogP contribution in [0.1, 0.15) is 12.5 Å². The summed E-state index contributed by atoms with van der Waals surface area (Å²) in [5.74, 6) is -0.105. The predicted molar refractivity (Wildman–Crippen MR) is 158 cm³/mol. The van der Waals surface area contributed by atoms with E-state index in [0.29, 0.717) is 11.2 Å². The molecule has 4 aromatic heterocycles. The van der Waals surface area contributed by atoms with Crippen molar-refractivity contribution in [3.05, 3.63) is 29.3 Å². The van der Waals surface area contributed by atoms with Gasteiger partial charge in [0.1, 0.15) is 48.1 Å². The van der Waals surface area contributed by atoms with E-state index in [9.17, 15) is 19.4 Å². The fraction of sp³-hybridized carbons (Fsp3) is 0.524. The van der Waals surface area contributed by atoms with Crippen LogP contribution in [-0.4, -0.2) is 105 Å². The van der Waals surface area contributed by atoms with Gasteiger partial charge in [0.05, 0.1) is 32.5 Å². The number of nitrogens with one attached hydrogen (secondary N) is 1. The molecule has 3 saturated heterocycles. The molecule has 7 N–H and O–H groups in total. The Kier molecular flexibility index (Phi) is 7.68. The Morgan fingerprint density at radius 2 is 1.96 bits per heavy atom. The second-order valence-electron chi connectivity index (χ2n) is 10.5. The Balaban J connectivity index is 1.20. The van der Waals surface area contributed by atoms with Crippen LogP contribution in [0.25, 0.3) is 22.3 Å². The van der Waals surface area contributed by atoms with Crippen molar-refractivity contribution in [1.82, 2.24) is 39.0 Å². The zero-order chi connectivity index (χ0) is 31.8. The third kappa shape index (κ3) is 4.95. The molecule has 45 heavy (non-hydrogen) atoms. The summed E-state index contributed by atoms with van der Waals surface area (Å²) in [7, 11) is -2.47. The average molecular weight is 706 g/mol. The molecule has 10 atom stereocenters. The predicted octanol–water partition coefficient (Wildman–Crippen LogP) is -0.323. The molecule has 0 aromatic carbocycles. The molecule has 0 amide bonds. The van der Waals surface area contributed by atoms with Gasteiger partial charge in [0.25, 0.3) is 5.56 Å². The first-order valence-electron chi connectivity index (χ1n) is 13.1. The van der Waals surface area contributed by atoms with Crippen LogP contribution < -0.4 is 17.0 Å². The lowest BCUT2D eigenvalue weighted by atomic mass is 10.0. The number of imidazole rings is 2. The van der Waals surface area contributed by atoms with Crippen molar-refractivity contribution >= 4 is 71.9 Å². The third-order valence-corrected chi connectivity index (χ3v) is 11.4. The van der Waals surface area contributed by atoms with Crippen LogP contribution in [0, 0.1) is 0 Å². The van der Waals surface area contributed by atoms with Gasteiger partial charge in [-0.1, -0.05) is 0 Å². The van der Waals surface area contributed by atoms with Gasteiger partial charge >= 0.3 is 7.23 Å². The first-order chi connectivity index (χ1) is 21.4. The molecule has 24 heteroatoms. The smallest absolute Gasteiger partial charge is 0.394 e. The van der Waals surface area contributed by atoms with Crippen LogP contribution >= 0.6 is 26.0 Å². The fourth-order valence-corrected chi connectivity index (χ4v) is 9.17. The first kappa shape index (κ1) is 30.9. The quantitative estimate of drug-likeness (QED) is 0.0962. The second-order valence-corrected chi connectivity index (χ2v) is 15.7. The number of rotatable bonds is 9. The number of nitrogens with zero attached hydrogens (tertiary/aromatic N) is 7. The van der Waals surface area contributed by atoms with Crippen LogP contribution in [0.3, 0.4) is 0 Å². The van der Waals surface area contributed by atoms with Gasteiger partial charge < -0.3 is 40.2 Å². The van der Waals surface area contributed by atoms with Gasteiger partial charge in [-0.2, -0.15) is 4.98 Å². The molecule has 2 bridgehead atoms. The molecule has 3 aliphatic heterocycles. The van der Waals surface area contributed by atoms with Crippen molar-refractivity contribution in [3.8, 4) is 0 Å². The number of aliphatic hydroxyl groups excluding tert-OH is 1. The van der Waals surface area contributed by atoms with E-state index in [1.165, 1.54) is 21.8 Å². The highest BCUT2D eigenvalue weighted by Gasteiger charge is 2.67. The summed E-state index contributed by atoms with van der Waals surface area (Å²) in [4.78, 5) is 46.7. The number of aromatic nitrogens is 8. The maximum atomic E-state index is 15.8. The number of halogens is 1. The number of hydrogen-bond donors (Lipinski definition) is 6. The van der Waals surface area contributed by atoms with E-state index in [2.05, 4.69) is 42.2 Å². The van der Waals surface area contributed by atoms with Gasteiger partial charge in [-0.3, -0.25) is 18.9 Å². The summed E-state index contributed by atoms with van der Waals surface area (Å²) >= 11 is 9.40. The second kappa shape index (κ2) is 11.2. The van der Waals surface area contributed by atoms with Gasteiger partial charge in [0.2, 0.25) is 5.95 Å². The van der Waals surface area contributed by atoms with Crippen LogP contribution in [0.2, 0.25) is 0 Å². The molecule has 7 rings (SSSR count). The lowest BCUT2D eigenvalue weighted by Gasteiger charge is -2.34. The zero-order valence-corrected chi connectivity index (χ0v) is 26.1. The molecule has 0 radical (unpaired) electrons. The summed E-state index contributed by atoms with van der Waals surface area (Å²) in [6.07, 6.45) is -3.87. The minimum atomic E-state index is -4.23. The van der Waals surface area contributed by atoms with E-state index < -0.39 is 80.7 Å². The maximum Gasteiger partial charge on any atom is 0.582 e. The Bertz CT molecular complexity index is 1930. The highest BCUT2D eigenvalue weighted by Crippen LogP contribution is 2.60. The summed E-state index contributed by atoms with van der Waals surface area (Å²) < 4.78 is 60.3. The van der Waals surface area contributed by atoms with Gasteiger partial charge in [-0.15, -0.1) is 4.52 Å². The Morgan fingerprint density at radius 3 is 2.69 bits per heavy atom. The molecule has 0 aliphatic carbocycles.